The van der Waals surface area contributed by atoms with Crippen molar-refractivity contribution in [2.75, 3.05) is 38.6 Å². The second-order valence-corrected chi connectivity index (χ2v) is 4.48. The molecule has 0 bridgehead atoms. The van der Waals surface area contributed by atoms with Crippen LogP contribution in [0.15, 0.2) is 18.2 Å². The van der Waals surface area contributed by atoms with Crippen LogP contribution in [-0.4, -0.2) is 55.0 Å². The van der Waals surface area contributed by atoms with Gasteiger partial charge in [0.1, 0.15) is 12.4 Å². The number of likely N-dealkylation sites (N-methyl/N-ethyl adjacent to an activating group) is 1. The highest BCUT2D eigenvalue weighted by atomic mass is 16.5. The number of hydrogen-bond acceptors (Lipinski definition) is 5. The Morgan fingerprint density at radius 3 is 2.95 bits per heavy atom. The number of ether oxygens (including phenoxy) is 1. The molecule has 0 aromatic heterocycles. The molecule has 0 aliphatic carbocycles. The molecule has 1 aromatic rings. The molecule has 0 amide bonds. The van der Waals surface area contributed by atoms with Gasteiger partial charge in [0.05, 0.1) is 18.8 Å². The summed E-state index contributed by atoms with van der Waals surface area (Å²) in [7, 11) is 1.60. The molecule has 0 saturated carbocycles. The summed E-state index contributed by atoms with van der Waals surface area (Å²) in [5.41, 5.74) is 1.35. The summed E-state index contributed by atoms with van der Waals surface area (Å²) in [6.07, 6.45) is 0. The molecule has 102 valence electrons. The van der Waals surface area contributed by atoms with Gasteiger partial charge >= 0.3 is 5.97 Å². The third-order valence-electron chi connectivity index (χ3n) is 2.80. The largest absolute Gasteiger partial charge is 0.490 e. The first-order valence-electron chi connectivity index (χ1n) is 6.00. The van der Waals surface area contributed by atoms with Crippen molar-refractivity contribution >= 4 is 17.4 Å². The standard InChI is InChI=1S/C13H16N2O4/c1-15(8-13(17)18)7-11(16)9-2-3-12-10(6-9)14-4-5-19-12/h2-3,6,14H,4-5,7-8H2,1H3,(H,17,18). The van der Waals surface area contributed by atoms with Crippen LogP contribution in [0.3, 0.4) is 0 Å². The summed E-state index contributed by atoms with van der Waals surface area (Å²) in [4.78, 5) is 24.0. The molecule has 6 nitrogen and oxygen atoms in total. The van der Waals surface area contributed by atoms with Crippen LogP contribution in [0.25, 0.3) is 0 Å². The van der Waals surface area contributed by atoms with Crippen molar-refractivity contribution in [3.63, 3.8) is 0 Å². The lowest BCUT2D eigenvalue weighted by Crippen LogP contribution is -2.31. The molecule has 1 heterocycles. The average Bonchev–Trinajstić information content (AvgIpc) is 2.37. The van der Waals surface area contributed by atoms with Crippen LogP contribution in [-0.2, 0) is 4.79 Å². The first-order valence-corrected chi connectivity index (χ1v) is 6.00. The van der Waals surface area contributed by atoms with Crippen molar-refractivity contribution in [3.05, 3.63) is 23.8 Å². The van der Waals surface area contributed by atoms with Gasteiger partial charge in [0, 0.05) is 12.1 Å². The second-order valence-electron chi connectivity index (χ2n) is 4.48. The van der Waals surface area contributed by atoms with E-state index in [0.717, 1.165) is 11.4 Å². The van der Waals surface area contributed by atoms with Crippen molar-refractivity contribution in [1.82, 2.24) is 4.90 Å². The fraction of sp³-hybridized carbons (Fsp3) is 0.385. The Balaban J connectivity index is 2.05. The lowest BCUT2D eigenvalue weighted by atomic mass is 10.1. The highest BCUT2D eigenvalue weighted by molar-refractivity contribution is 5.99. The number of ketones is 1. The maximum atomic E-state index is 12.0. The monoisotopic (exact) mass is 264 g/mol. The number of carboxylic acids is 1. The number of rotatable bonds is 5. The summed E-state index contributed by atoms with van der Waals surface area (Å²) in [6.45, 7) is 1.25. The van der Waals surface area contributed by atoms with Crippen LogP contribution in [0.5, 0.6) is 5.75 Å². The van der Waals surface area contributed by atoms with Crippen LogP contribution in [0.1, 0.15) is 10.4 Å². The highest BCUT2D eigenvalue weighted by Gasteiger charge is 2.15. The lowest BCUT2D eigenvalue weighted by Gasteiger charge is -2.20. The van der Waals surface area contributed by atoms with Gasteiger partial charge in [0.2, 0.25) is 0 Å². The minimum absolute atomic E-state index is 0.0753. The van der Waals surface area contributed by atoms with E-state index in [0.29, 0.717) is 18.7 Å². The van der Waals surface area contributed by atoms with Crippen molar-refractivity contribution in [3.8, 4) is 5.75 Å². The van der Waals surface area contributed by atoms with Crippen LogP contribution in [0, 0.1) is 0 Å². The zero-order valence-corrected chi connectivity index (χ0v) is 10.7. The maximum Gasteiger partial charge on any atom is 0.317 e. The van der Waals surface area contributed by atoms with Gasteiger partial charge in [0.15, 0.2) is 5.78 Å². The van der Waals surface area contributed by atoms with E-state index in [1.165, 1.54) is 4.90 Å². The molecule has 0 unspecified atom stereocenters. The summed E-state index contributed by atoms with van der Waals surface area (Å²) in [5.74, 6) is -0.323. The third-order valence-corrected chi connectivity index (χ3v) is 2.80. The predicted octanol–water partition coefficient (Wildman–Crippen LogP) is 0.690. The van der Waals surface area contributed by atoms with Crippen molar-refractivity contribution in [2.24, 2.45) is 0 Å². The summed E-state index contributed by atoms with van der Waals surface area (Å²) < 4.78 is 5.43. The van der Waals surface area contributed by atoms with E-state index < -0.39 is 5.97 Å². The molecule has 0 fully saturated rings. The van der Waals surface area contributed by atoms with E-state index in [4.69, 9.17) is 9.84 Å². The van der Waals surface area contributed by atoms with Gasteiger partial charge < -0.3 is 15.2 Å². The highest BCUT2D eigenvalue weighted by Crippen LogP contribution is 2.28. The third kappa shape index (κ3) is 3.45. The van der Waals surface area contributed by atoms with Crippen LogP contribution in [0.2, 0.25) is 0 Å². The Morgan fingerprint density at radius 2 is 2.21 bits per heavy atom. The zero-order valence-electron chi connectivity index (χ0n) is 10.7. The van der Waals surface area contributed by atoms with Gasteiger partial charge in [-0.05, 0) is 25.2 Å². The molecule has 0 spiro atoms. The van der Waals surface area contributed by atoms with Crippen LogP contribution < -0.4 is 10.1 Å². The molecule has 0 atom stereocenters. The lowest BCUT2D eigenvalue weighted by molar-refractivity contribution is -0.137. The first kappa shape index (κ1) is 13.4. The molecule has 6 heteroatoms. The molecular weight excluding hydrogens is 248 g/mol. The van der Waals surface area contributed by atoms with Gasteiger partial charge in [-0.25, -0.2) is 0 Å². The molecule has 1 aliphatic rings. The Bertz CT molecular complexity index is 501. The van der Waals surface area contributed by atoms with E-state index in [1.54, 1.807) is 25.2 Å². The number of carbonyl (C=O) groups excluding carboxylic acids is 1. The van der Waals surface area contributed by atoms with E-state index in [-0.39, 0.29) is 18.9 Å². The molecule has 2 rings (SSSR count). The van der Waals surface area contributed by atoms with Gasteiger partial charge in [0.25, 0.3) is 0 Å². The zero-order chi connectivity index (χ0) is 13.8. The van der Waals surface area contributed by atoms with E-state index >= 15 is 0 Å². The Labute approximate surface area is 111 Å². The molecular formula is C13H16N2O4. The van der Waals surface area contributed by atoms with Crippen LogP contribution in [0.4, 0.5) is 5.69 Å². The van der Waals surface area contributed by atoms with Gasteiger partial charge in [-0.1, -0.05) is 0 Å². The SMILES string of the molecule is CN(CC(=O)O)CC(=O)c1ccc2c(c1)NCCO2. The number of benzene rings is 1. The number of anilines is 1. The van der Waals surface area contributed by atoms with E-state index in [9.17, 15) is 9.59 Å². The van der Waals surface area contributed by atoms with E-state index in [2.05, 4.69) is 5.32 Å². The fourth-order valence-electron chi connectivity index (χ4n) is 1.94. The molecule has 0 saturated heterocycles. The number of fused-ring (bicyclic) bond motifs is 1. The average molecular weight is 264 g/mol. The number of nitrogens with one attached hydrogen (secondary N) is 1. The quantitative estimate of drug-likeness (QED) is 0.762. The number of nitrogens with zero attached hydrogens (tertiary/aromatic N) is 1. The van der Waals surface area contributed by atoms with Crippen molar-refractivity contribution in [2.45, 2.75) is 0 Å². The minimum atomic E-state index is -0.948. The van der Waals surface area contributed by atoms with Gasteiger partial charge in [-0.2, -0.15) is 0 Å². The van der Waals surface area contributed by atoms with Crippen molar-refractivity contribution < 1.29 is 19.4 Å². The molecule has 1 aliphatic heterocycles. The van der Waals surface area contributed by atoms with Crippen molar-refractivity contribution in [1.29, 1.82) is 0 Å². The number of aliphatic carboxylic acids is 1. The van der Waals surface area contributed by atoms with Crippen LogP contribution >= 0.6 is 0 Å². The molecule has 0 radical (unpaired) electrons. The number of carbonyl (C=O) groups is 2. The summed E-state index contributed by atoms with van der Waals surface area (Å²) in [5, 5.41) is 11.8. The van der Waals surface area contributed by atoms with Gasteiger partial charge in [-0.3, -0.25) is 14.5 Å². The second kappa shape index (κ2) is 5.71. The molecule has 19 heavy (non-hydrogen) atoms. The Kier molecular flexibility index (Phi) is 4.01. The number of Topliss-reactive ketones (excluding diaryl/α,β-unsaturated/α-hetero) is 1. The maximum absolute atomic E-state index is 12.0. The molecule has 1 aromatic carbocycles. The molecule has 2 N–H and O–H groups in total. The first-order chi connectivity index (χ1) is 9.06. The Morgan fingerprint density at radius 1 is 1.42 bits per heavy atom. The predicted molar refractivity (Wildman–Crippen MR) is 69.9 cm³/mol. The van der Waals surface area contributed by atoms with E-state index in [1.807, 2.05) is 0 Å². The summed E-state index contributed by atoms with van der Waals surface area (Å²) in [6, 6.07) is 5.19. The normalized spacial score (nSPS) is 13.4. The number of hydrogen-bond donors (Lipinski definition) is 2. The fourth-order valence-corrected chi connectivity index (χ4v) is 1.94. The van der Waals surface area contributed by atoms with Gasteiger partial charge in [-0.15, -0.1) is 0 Å². The summed E-state index contributed by atoms with van der Waals surface area (Å²) >= 11 is 0. The minimum Gasteiger partial charge on any atom is -0.490 e. The smallest absolute Gasteiger partial charge is 0.317 e. The Hall–Kier alpha value is -2.08. The topological polar surface area (TPSA) is 78.9 Å². The number of carboxylic acid groups (broad SMARTS) is 1.